The second-order valence-electron chi connectivity index (χ2n) is 4.61. The zero-order valence-electron chi connectivity index (χ0n) is 9.69. The third-order valence-electron chi connectivity index (χ3n) is 3.74. The van der Waals surface area contributed by atoms with Gasteiger partial charge in [0.15, 0.2) is 0 Å². The molecule has 0 aromatic heterocycles. The van der Waals surface area contributed by atoms with Gasteiger partial charge in [0.1, 0.15) is 0 Å². The maximum atomic E-state index is 11.7. The normalized spacial score (nSPS) is 36.9. The molecule has 1 heterocycles. The van der Waals surface area contributed by atoms with Crippen molar-refractivity contribution in [1.29, 1.82) is 0 Å². The number of rotatable bonds is 3. The molecule has 3 atom stereocenters. The molecule has 0 aromatic carbocycles. The second kappa shape index (κ2) is 4.10. The highest BCUT2D eigenvalue weighted by atomic mass is 16.5. The summed E-state index contributed by atoms with van der Waals surface area (Å²) in [5.74, 6) is -0.0920. The molecular formula is C11H20N2O2. The van der Waals surface area contributed by atoms with E-state index in [0.29, 0.717) is 12.1 Å². The van der Waals surface area contributed by atoms with Crippen LogP contribution in [0.2, 0.25) is 0 Å². The number of likely N-dealkylation sites (N-methyl/N-ethyl adjacent to an activating group) is 1. The molecule has 1 N–H and O–H groups in total. The minimum Gasteiger partial charge on any atom is -0.469 e. The predicted molar refractivity (Wildman–Crippen MR) is 57.5 cm³/mol. The number of likely N-dealkylation sites (tertiary alicyclic amines) is 1. The van der Waals surface area contributed by atoms with Crippen LogP contribution in [-0.2, 0) is 9.53 Å². The summed E-state index contributed by atoms with van der Waals surface area (Å²) in [7, 11) is 3.39. The van der Waals surface area contributed by atoms with Crippen LogP contribution in [0.25, 0.3) is 0 Å². The number of methoxy groups -OCH3 is 1. The molecular weight excluding hydrogens is 192 g/mol. The lowest BCUT2D eigenvalue weighted by molar-refractivity contribution is -0.146. The van der Waals surface area contributed by atoms with Crippen LogP contribution < -0.4 is 5.32 Å². The van der Waals surface area contributed by atoms with Crippen LogP contribution in [0.4, 0.5) is 0 Å². The quantitative estimate of drug-likeness (QED) is 0.680. The van der Waals surface area contributed by atoms with Gasteiger partial charge >= 0.3 is 5.97 Å². The van der Waals surface area contributed by atoms with Crippen LogP contribution >= 0.6 is 0 Å². The second-order valence-corrected chi connectivity index (χ2v) is 4.61. The lowest BCUT2D eigenvalue weighted by Crippen LogP contribution is -2.39. The minimum atomic E-state index is -0.0787. The van der Waals surface area contributed by atoms with E-state index >= 15 is 0 Å². The Kier molecular flexibility index (Phi) is 2.98. The van der Waals surface area contributed by atoms with Crippen LogP contribution in [0.3, 0.4) is 0 Å². The molecule has 2 fully saturated rings. The highest BCUT2D eigenvalue weighted by Gasteiger charge is 2.47. The summed E-state index contributed by atoms with van der Waals surface area (Å²) in [6.07, 6.45) is 2.57. The number of hydrogen-bond donors (Lipinski definition) is 1. The fourth-order valence-electron chi connectivity index (χ4n) is 2.71. The van der Waals surface area contributed by atoms with Crippen LogP contribution in [0.15, 0.2) is 0 Å². The van der Waals surface area contributed by atoms with Gasteiger partial charge in [-0.3, -0.25) is 9.69 Å². The highest BCUT2D eigenvalue weighted by molar-refractivity contribution is 5.74. The Morgan fingerprint density at radius 3 is 2.60 bits per heavy atom. The van der Waals surface area contributed by atoms with Crippen LogP contribution in [0, 0.1) is 5.92 Å². The van der Waals surface area contributed by atoms with E-state index in [1.54, 1.807) is 0 Å². The zero-order valence-corrected chi connectivity index (χ0v) is 9.69. The Hall–Kier alpha value is -0.610. The number of hydrogen-bond acceptors (Lipinski definition) is 4. The van der Waals surface area contributed by atoms with Gasteiger partial charge in [0.2, 0.25) is 0 Å². The van der Waals surface area contributed by atoms with Gasteiger partial charge in [-0.1, -0.05) is 0 Å². The average molecular weight is 212 g/mol. The molecule has 3 unspecified atom stereocenters. The molecule has 86 valence electrons. The molecule has 1 aliphatic carbocycles. The van der Waals surface area contributed by atoms with Crippen molar-refractivity contribution in [2.24, 2.45) is 5.92 Å². The number of ether oxygens (including phenoxy) is 1. The molecule has 0 radical (unpaired) electrons. The van der Waals surface area contributed by atoms with Gasteiger partial charge in [-0.25, -0.2) is 0 Å². The Balaban J connectivity index is 2.09. The number of esters is 1. The lowest BCUT2D eigenvalue weighted by atomic mass is 9.98. The standard InChI is InChI=1S/C11H20N2O2/c1-7-10(11(14)15-3)9(12-2)6-13(7)8-4-5-8/h7-10,12H,4-6H2,1-3H3. The van der Waals surface area contributed by atoms with Crippen molar-refractivity contribution in [3.05, 3.63) is 0 Å². The lowest BCUT2D eigenvalue weighted by Gasteiger charge is -2.22. The minimum absolute atomic E-state index is 0.0133. The largest absolute Gasteiger partial charge is 0.469 e. The van der Waals surface area contributed by atoms with Gasteiger partial charge < -0.3 is 10.1 Å². The third-order valence-corrected chi connectivity index (χ3v) is 3.74. The third kappa shape index (κ3) is 1.88. The topological polar surface area (TPSA) is 41.6 Å². The first-order valence-corrected chi connectivity index (χ1v) is 5.70. The van der Waals surface area contributed by atoms with Gasteiger partial charge in [-0.15, -0.1) is 0 Å². The maximum Gasteiger partial charge on any atom is 0.311 e. The first kappa shape index (κ1) is 10.9. The Morgan fingerprint density at radius 2 is 2.13 bits per heavy atom. The van der Waals surface area contributed by atoms with E-state index < -0.39 is 0 Å². The molecule has 1 aliphatic heterocycles. The smallest absolute Gasteiger partial charge is 0.311 e. The van der Waals surface area contributed by atoms with Gasteiger partial charge in [-0.05, 0) is 26.8 Å². The fourth-order valence-corrected chi connectivity index (χ4v) is 2.71. The van der Waals surface area contributed by atoms with Gasteiger partial charge in [-0.2, -0.15) is 0 Å². The predicted octanol–water partition coefficient (Wildman–Crippen LogP) is 0.230. The van der Waals surface area contributed by atoms with Crippen molar-refractivity contribution in [1.82, 2.24) is 10.2 Å². The van der Waals surface area contributed by atoms with Crippen molar-refractivity contribution < 1.29 is 9.53 Å². The van der Waals surface area contributed by atoms with Gasteiger partial charge in [0, 0.05) is 24.7 Å². The molecule has 0 aromatic rings. The summed E-state index contributed by atoms with van der Waals surface area (Å²) in [6, 6.07) is 1.26. The summed E-state index contributed by atoms with van der Waals surface area (Å²) in [4.78, 5) is 14.1. The first-order valence-electron chi connectivity index (χ1n) is 5.70. The van der Waals surface area contributed by atoms with Crippen molar-refractivity contribution in [3.63, 3.8) is 0 Å². The summed E-state index contributed by atoms with van der Waals surface area (Å²) in [5, 5.41) is 3.23. The van der Waals surface area contributed by atoms with Crippen LogP contribution in [0.5, 0.6) is 0 Å². The van der Waals surface area contributed by atoms with Crippen LogP contribution in [-0.4, -0.2) is 49.7 Å². The molecule has 2 aliphatic rings. The summed E-state index contributed by atoms with van der Waals surface area (Å²) in [6.45, 7) is 3.11. The Bertz CT molecular complexity index is 253. The molecule has 1 saturated heterocycles. The number of nitrogens with one attached hydrogen (secondary N) is 1. The van der Waals surface area contributed by atoms with E-state index in [1.807, 2.05) is 7.05 Å². The summed E-state index contributed by atoms with van der Waals surface area (Å²) >= 11 is 0. The highest BCUT2D eigenvalue weighted by Crippen LogP contribution is 2.36. The molecule has 0 amide bonds. The molecule has 1 saturated carbocycles. The monoisotopic (exact) mass is 212 g/mol. The Morgan fingerprint density at radius 1 is 1.47 bits per heavy atom. The molecule has 0 bridgehead atoms. The number of nitrogens with zero attached hydrogens (tertiary/aromatic N) is 1. The van der Waals surface area contributed by atoms with Gasteiger partial charge in [0.25, 0.3) is 0 Å². The van der Waals surface area contributed by atoms with E-state index in [4.69, 9.17) is 4.74 Å². The van der Waals surface area contributed by atoms with E-state index in [0.717, 1.165) is 6.54 Å². The molecule has 4 heteroatoms. The van der Waals surface area contributed by atoms with E-state index in [9.17, 15) is 4.79 Å². The van der Waals surface area contributed by atoms with Crippen molar-refractivity contribution in [2.45, 2.75) is 37.9 Å². The summed E-state index contributed by atoms with van der Waals surface area (Å²) in [5.41, 5.74) is 0. The van der Waals surface area contributed by atoms with Crippen molar-refractivity contribution in [3.8, 4) is 0 Å². The Labute approximate surface area is 91.0 Å². The van der Waals surface area contributed by atoms with Crippen LogP contribution in [0.1, 0.15) is 19.8 Å². The molecule has 0 spiro atoms. The first-order chi connectivity index (χ1) is 7.19. The van der Waals surface area contributed by atoms with Crippen molar-refractivity contribution >= 4 is 5.97 Å². The SMILES string of the molecule is CNC1CN(C2CC2)C(C)C1C(=O)OC. The molecule has 2 rings (SSSR count). The van der Waals surface area contributed by atoms with E-state index in [2.05, 4.69) is 17.1 Å². The number of carbonyl (C=O) groups excluding carboxylic acids is 1. The molecule has 4 nitrogen and oxygen atoms in total. The summed E-state index contributed by atoms with van der Waals surface area (Å²) < 4.78 is 4.88. The maximum absolute atomic E-state index is 11.7. The number of carbonyl (C=O) groups is 1. The zero-order chi connectivity index (χ0) is 11.0. The average Bonchev–Trinajstić information content (AvgIpc) is 3.02. The van der Waals surface area contributed by atoms with Gasteiger partial charge in [0.05, 0.1) is 13.0 Å². The fraction of sp³-hybridized carbons (Fsp3) is 0.909. The molecule has 15 heavy (non-hydrogen) atoms. The van der Waals surface area contributed by atoms with Crippen molar-refractivity contribution in [2.75, 3.05) is 20.7 Å². The van der Waals surface area contributed by atoms with E-state index in [-0.39, 0.29) is 17.9 Å². The van der Waals surface area contributed by atoms with E-state index in [1.165, 1.54) is 20.0 Å².